The molecule has 0 aromatic heterocycles. The smallest absolute Gasteiger partial charge is 0.333 e. The molecule has 1 aliphatic carbocycles. The van der Waals surface area contributed by atoms with Gasteiger partial charge in [0.25, 0.3) is 0 Å². The van der Waals surface area contributed by atoms with Crippen LogP contribution in [0, 0.1) is 17.5 Å². The van der Waals surface area contributed by atoms with Crippen molar-refractivity contribution in [2.45, 2.75) is 37.8 Å². The van der Waals surface area contributed by atoms with Crippen LogP contribution in [-0.4, -0.2) is 23.3 Å². The SMILES string of the molecule is O=C(NNc1cc(F)c(F)c(F)c1)NC1CCC(O)CC1. The van der Waals surface area contributed by atoms with Crippen LogP contribution < -0.4 is 16.2 Å². The Balaban J connectivity index is 1.81. The van der Waals surface area contributed by atoms with Gasteiger partial charge >= 0.3 is 6.03 Å². The molecule has 1 aromatic rings. The van der Waals surface area contributed by atoms with E-state index in [1.165, 1.54) is 0 Å². The van der Waals surface area contributed by atoms with Crippen molar-refractivity contribution in [2.75, 3.05) is 5.43 Å². The van der Waals surface area contributed by atoms with E-state index in [-0.39, 0.29) is 17.8 Å². The number of anilines is 1. The molecule has 0 saturated heterocycles. The average Bonchev–Trinajstić information content (AvgIpc) is 2.45. The lowest BCUT2D eigenvalue weighted by Crippen LogP contribution is -2.46. The molecule has 0 atom stereocenters. The third kappa shape index (κ3) is 4.25. The minimum absolute atomic E-state index is 0.0584. The maximum absolute atomic E-state index is 13.0. The molecule has 8 heteroatoms. The predicted molar refractivity (Wildman–Crippen MR) is 69.9 cm³/mol. The van der Waals surface area contributed by atoms with Crippen molar-refractivity contribution in [3.63, 3.8) is 0 Å². The first kappa shape index (κ1) is 15.4. The molecule has 4 N–H and O–H groups in total. The molecular weight excluding hydrogens is 287 g/mol. The van der Waals surface area contributed by atoms with E-state index in [9.17, 15) is 23.1 Å². The third-order valence-corrected chi connectivity index (χ3v) is 3.34. The Kier molecular flexibility index (Phi) is 4.89. The maximum Gasteiger partial charge on any atom is 0.333 e. The Hall–Kier alpha value is -1.96. The van der Waals surface area contributed by atoms with Crippen LogP contribution in [0.4, 0.5) is 23.7 Å². The molecule has 116 valence electrons. The Labute approximate surface area is 119 Å². The van der Waals surface area contributed by atoms with Gasteiger partial charge in [-0.2, -0.15) is 0 Å². The number of benzene rings is 1. The molecule has 1 fully saturated rings. The fourth-order valence-corrected chi connectivity index (χ4v) is 2.20. The van der Waals surface area contributed by atoms with Crippen molar-refractivity contribution in [2.24, 2.45) is 0 Å². The number of urea groups is 1. The molecule has 5 nitrogen and oxygen atoms in total. The minimum atomic E-state index is -1.56. The Morgan fingerprint density at radius 3 is 2.24 bits per heavy atom. The van der Waals surface area contributed by atoms with E-state index >= 15 is 0 Å². The summed E-state index contributed by atoms with van der Waals surface area (Å²) in [6, 6.07) is 0.837. The summed E-state index contributed by atoms with van der Waals surface area (Å²) < 4.78 is 38.7. The lowest BCUT2D eigenvalue weighted by Gasteiger charge is -2.26. The second kappa shape index (κ2) is 6.66. The van der Waals surface area contributed by atoms with E-state index in [0.29, 0.717) is 25.7 Å². The van der Waals surface area contributed by atoms with Crippen molar-refractivity contribution < 1.29 is 23.1 Å². The molecule has 2 amide bonds. The largest absolute Gasteiger partial charge is 0.393 e. The van der Waals surface area contributed by atoms with Gasteiger partial charge in [-0.15, -0.1) is 0 Å². The van der Waals surface area contributed by atoms with Gasteiger partial charge in [0.15, 0.2) is 17.5 Å². The van der Waals surface area contributed by atoms with Crippen LogP contribution in [0.15, 0.2) is 12.1 Å². The molecule has 0 bridgehead atoms. The summed E-state index contributed by atoms with van der Waals surface area (Å²) in [4.78, 5) is 11.6. The number of hydrogen-bond acceptors (Lipinski definition) is 3. The van der Waals surface area contributed by atoms with E-state index in [2.05, 4.69) is 16.2 Å². The molecule has 0 aliphatic heterocycles. The van der Waals surface area contributed by atoms with Crippen LogP contribution in [0.3, 0.4) is 0 Å². The second-order valence-corrected chi connectivity index (χ2v) is 4.98. The van der Waals surface area contributed by atoms with Crippen molar-refractivity contribution in [1.29, 1.82) is 0 Å². The Morgan fingerprint density at radius 1 is 1.10 bits per heavy atom. The fourth-order valence-electron chi connectivity index (χ4n) is 2.20. The standard InChI is InChI=1S/C13H16F3N3O2/c14-10-5-8(6-11(15)12(10)16)18-19-13(21)17-7-1-3-9(20)4-2-7/h5-7,9,18,20H,1-4H2,(H2,17,19,21). The summed E-state index contributed by atoms with van der Waals surface area (Å²) in [6.07, 6.45) is 2.23. The number of amides is 2. The number of rotatable bonds is 3. The van der Waals surface area contributed by atoms with Gasteiger partial charge in [-0.05, 0) is 25.7 Å². The maximum atomic E-state index is 13.0. The Morgan fingerprint density at radius 2 is 1.67 bits per heavy atom. The normalized spacial score (nSPS) is 21.7. The molecule has 0 radical (unpaired) electrons. The number of hydrazine groups is 1. The fraction of sp³-hybridized carbons (Fsp3) is 0.462. The van der Waals surface area contributed by atoms with Crippen molar-refractivity contribution >= 4 is 11.7 Å². The highest BCUT2D eigenvalue weighted by molar-refractivity contribution is 5.75. The number of aliphatic hydroxyl groups excluding tert-OH is 1. The second-order valence-electron chi connectivity index (χ2n) is 4.98. The highest BCUT2D eigenvalue weighted by Gasteiger charge is 2.20. The zero-order valence-corrected chi connectivity index (χ0v) is 11.1. The Bertz CT molecular complexity index is 496. The van der Waals surface area contributed by atoms with E-state index in [4.69, 9.17) is 0 Å². The lowest BCUT2D eigenvalue weighted by atomic mass is 9.93. The van der Waals surface area contributed by atoms with E-state index in [1.807, 2.05) is 0 Å². The van der Waals surface area contributed by atoms with E-state index in [0.717, 1.165) is 12.1 Å². The number of nitrogens with one attached hydrogen (secondary N) is 3. The molecule has 0 unspecified atom stereocenters. The highest BCUT2D eigenvalue weighted by Crippen LogP contribution is 2.18. The van der Waals surface area contributed by atoms with Gasteiger partial charge in [-0.3, -0.25) is 10.9 Å². The first-order valence-electron chi connectivity index (χ1n) is 6.61. The van der Waals surface area contributed by atoms with E-state index < -0.39 is 23.5 Å². The van der Waals surface area contributed by atoms with Gasteiger partial charge < -0.3 is 10.4 Å². The van der Waals surface area contributed by atoms with Crippen LogP contribution >= 0.6 is 0 Å². The molecule has 21 heavy (non-hydrogen) atoms. The molecule has 0 spiro atoms. The molecule has 1 aliphatic rings. The van der Waals surface area contributed by atoms with Crippen LogP contribution in [0.5, 0.6) is 0 Å². The summed E-state index contributed by atoms with van der Waals surface area (Å²) in [5.74, 6) is -4.26. The molecular formula is C13H16F3N3O2. The first-order valence-corrected chi connectivity index (χ1v) is 6.61. The van der Waals surface area contributed by atoms with E-state index in [1.54, 1.807) is 0 Å². The summed E-state index contributed by atoms with van der Waals surface area (Å²) in [5, 5.41) is 12.0. The first-order chi connectivity index (χ1) is 9.95. The van der Waals surface area contributed by atoms with Gasteiger partial charge in [0, 0.05) is 18.2 Å². The van der Waals surface area contributed by atoms with Crippen molar-refractivity contribution in [1.82, 2.24) is 10.7 Å². The monoisotopic (exact) mass is 303 g/mol. The molecule has 1 saturated carbocycles. The number of hydrogen-bond donors (Lipinski definition) is 4. The van der Waals surface area contributed by atoms with Crippen LogP contribution in [-0.2, 0) is 0 Å². The van der Waals surface area contributed by atoms with Gasteiger partial charge in [-0.1, -0.05) is 0 Å². The topological polar surface area (TPSA) is 73.4 Å². The number of carbonyl (C=O) groups excluding carboxylic acids is 1. The highest BCUT2D eigenvalue weighted by atomic mass is 19.2. The lowest BCUT2D eigenvalue weighted by molar-refractivity contribution is 0.118. The summed E-state index contributed by atoms with van der Waals surface area (Å²) >= 11 is 0. The number of aliphatic hydroxyl groups is 1. The number of halogens is 3. The minimum Gasteiger partial charge on any atom is -0.393 e. The van der Waals surface area contributed by atoms with Gasteiger partial charge in [-0.25, -0.2) is 18.0 Å². The van der Waals surface area contributed by atoms with Crippen LogP contribution in [0.2, 0.25) is 0 Å². The molecule has 1 aromatic carbocycles. The molecule has 0 heterocycles. The summed E-state index contributed by atoms with van der Waals surface area (Å²) in [5.41, 5.74) is 4.40. The van der Waals surface area contributed by atoms with Crippen molar-refractivity contribution in [3.8, 4) is 0 Å². The third-order valence-electron chi connectivity index (χ3n) is 3.34. The van der Waals surface area contributed by atoms with Crippen LogP contribution in [0.25, 0.3) is 0 Å². The average molecular weight is 303 g/mol. The van der Waals surface area contributed by atoms with Gasteiger partial charge in [0.2, 0.25) is 0 Å². The van der Waals surface area contributed by atoms with Crippen molar-refractivity contribution in [3.05, 3.63) is 29.6 Å². The van der Waals surface area contributed by atoms with Crippen LogP contribution in [0.1, 0.15) is 25.7 Å². The zero-order valence-electron chi connectivity index (χ0n) is 11.1. The quantitative estimate of drug-likeness (QED) is 0.510. The predicted octanol–water partition coefficient (Wildman–Crippen LogP) is 2.03. The molecule has 2 rings (SSSR count). The van der Waals surface area contributed by atoms with Gasteiger partial charge in [0.05, 0.1) is 11.8 Å². The summed E-state index contributed by atoms with van der Waals surface area (Å²) in [7, 11) is 0. The number of carbonyl (C=O) groups is 1. The summed E-state index contributed by atoms with van der Waals surface area (Å²) in [6.45, 7) is 0. The van der Waals surface area contributed by atoms with Gasteiger partial charge in [0.1, 0.15) is 0 Å². The zero-order chi connectivity index (χ0) is 15.4.